The lowest BCUT2D eigenvalue weighted by atomic mass is 10.0. The van der Waals surface area contributed by atoms with E-state index in [4.69, 9.17) is 0 Å². The molecule has 1 aromatic carbocycles. The standard InChI is InChI=1S/C18H20N6O/c25-18(22-9-1-3-17(12-22)24-10-2-8-20-24)16-6-4-15(5-7-16)11-23-14-19-13-21-23/h2,4-8,10,13-14,17H,1,3,9,11-12H2/t17-/m0/s1. The summed E-state index contributed by atoms with van der Waals surface area (Å²) in [6.45, 7) is 2.16. The monoisotopic (exact) mass is 336 g/mol. The zero-order valence-electron chi connectivity index (χ0n) is 13.9. The molecule has 0 radical (unpaired) electrons. The molecule has 4 rings (SSSR count). The summed E-state index contributed by atoms with van der Waals surface area (Å²) in [6.07, 6.45) is 9.02. The lowest BCUT2D eigenvalue weighted by molar-refractivity contribution is 0.0673. The summed E-state index contributed by atoms with van der Waals surface area (Å²) in [4.78, 5) is 18.7. The van der Waals surface area contributed by atoms with Gasteiger partial charge in [-0.2, -0.15) is 10.2 Å². The van der Waals surface area contributed by atoms with E-state index in [0.717, 1.165) is 30.5 Å². The number of amides is 1. The van der Waals surface area contributed by atoms with Crippen LogP contribution in [0.1, 0.15) is 34.8 Å². The fourth-order valence-electron chi connectivity index (χ4n) is 3.29. The smallest absolute Gasteiger partial charge is 0.253 e. The Labute approximate surface area is 145 Å². The molecule has 1 aliphatic heterocycles. The highest BCUT2D eigenvalue weighted by atomic mass is 16.2. The molecule has 0 spiro atoms. The van der Waals surface area contributed by atoms with Gasteiger partial charge in [-0.05, 0) is 36.6 Å². The van der Waals surface area contributed by atoms with Gasteiger partial charge in [0.05, 0.1) is 12.6 Å². The van der Waals surface area contributed by atoms with Crippen molar-refractivity contribution in [3.8, 4) is 0 Å². The minimum Gasteiger partial charge on any atom is -0.337 e. The molecule has 3 aromatic rings. The van der Waals surface area contributed by atoms with Crippen LogP contribution in [0, 0.1) is 0 Å². The quantitative estimate of drug-likeness (QED) is 0.731. The first-order valence-electron chi connectivity index (χ1n) is 8.49. The lowest BCUT2D eigenvalue weighted by Crippen LogP contribution is -2.40. The zero-order chi connectivity index (χ0) is 17.1. The topological polar surface area (TPSA) is 68.8 Å². The second-order valence-electron chi connectivity index (χ2n) is 6.32. The predicted molar refractivity (Wildman–Crippen MR) is 92.0 cm³/mol. The molecule has 128 valence electrons. The van der Waals surface area contributed by atoms with Gasteiger partial charge in [0.15, 0.2) is 0 Å². The molecular weight excluding hydrogens is 316 g/mol. The van der Waals surface area contributed by atoms with Gasteiger partial charge in [-0.25, -0.2) is 9.67 Å². The van der Waals surface area contributed by atoms with E-state index in [1.165, 1.54) is 6.33 Å². The maximum atomic E-state index is 12.8. The number of carbonyl (C=O) groups is 1. The molecule has 0 saturated carbocycles. The molecular formula is C18H20N6O. The fourth-order valence-corrected chi connectivity index (χ4v) is 3.29. The summed E-state index contributed by atoms with van der Waals surface area (Å²) in [5.74, 6) is 0.0872. The van der Waals surface area contributed by atoms with Crippen molar-refractivity contribution in [2.24, 2.45) is 0 Å². The second-order valence-corrected chi connectivity index (χ2v) is 6.32. The van der Waals surface area contributed by atoms with Crippen molar-refractivity contribution >= 4 is 5.91 Å². The van der Waals surface area contributed by atoms with Crippen molar-refractivity contribution in [2.45, 2.75) is 25.4 Å². The Bertz CT molecular complexity index is 810. The Morgan fingerprint density at radius 3 is 2.80 bits per heavy atom. The van der Waals surface area contributed by atoms with Crippen LogP contribution in [-0.2, 0) is 6.54 Å². The molecule has 7 nitrogen and oxygen atoms in total. The first kappa shape index (κ1) is 15.6. The number of rotatable bonds is 4. The van der Waals surface area contributed by atoms with E-state index in [9.17, 15) is 4.79 Å². The highest BCUT2D eigenvalue weighted by molar-refractivity contribution is 5.94. The Kier molecular flexibility index (Phi) is 4.28. The van der Waals surface area contributed by atoms with Gasteiger partial charge in [-0.3, -0.25) is 9.48 Å². The summed E-state index contributed by atoms with van der Waals surface area (Å²) in [5.41, 5.74) is 1.82. The molecule has 0 aliphatic carbocycles. The molecule has 1 aliphatic rings. The summed E-state index contributed by atoms with van der Waals surface area (Å²) >= 11 is 0. The maximum absolute atomic E-state index is 12.8. The number of benzene rings is 1. The molecule has 1 saturated heterocycles. The number of carbonyl (C=O) groups excluding carboxylic acids is 1. The van der Waals surface area contributed by atoms with E-state index in [1.807, 2.05) is 46.1 Å². The van der Waals surface area contributed by atoms with Gasteiger partial charge in [-0.1, -0.05) is 12.1 Å². The van der Waals surface area contributed by atoms with E-state index in [0.29, 0.717) is 13.1 Å². The van der Waals surface area contributed by atoms with Gasteiger partial charge in [0.1, 0.15) is 12.7 Å². The highest BCUT2D eigenvalue weighted by Gasteiger charge is 2.25. The highest BCUT2D eigenvalue weighted by Crippen LogP contribution is 2.22. The van der Waals surface area contributed by atoms with Crippen molar-refractivity contribution in [3.63, 3.8) is 0 Å². The van der Waals surface area contributed by atoms with E-state index in [1.54, 1.807) is 17.2 Å². The normalized spacial score (nSPS) is 17.6. The van der Waals surface area contributed by atoms with Crippen LogP contribution in [0.5, 0.6) is 0 Å². The van der Waals surface area contributed by atoms with Gasteiger partial charge >= 0.3 is 0 Å². The molecule has 2 aromatic heterocycles. The second kappa shape index (κ2) is 6.88. The molecule has 1 amide bonds. The molecule has 0 unspecified atom stereocenters. The number of hydrogen-bond donors (Lipinski definition) is 0. The van der Waals surface area contributed by atoms with Crippen molar-refractivity contribution in [1.29, 1.82) is 0 Å². The minimum atomic E-state index is 0.0872. The molecule has 1 atom stereocenters. The molecule has 25 heavy (non-hydrogen) atoms. The molecule has 1 fully saturated rings. The largest absolute Gasteiger partial charge is 0.337 e. The van der Waals surface area contributed by atoms with Crippen LogP contribution >= 0.6 is 0 Å². The van der Waals surface area contributed by atoms with Gasteiger partial charge in [0, 0.05) is 31.0 Å². The lowest BCUT2D eigenvalue weighted by Gasteiger charge is -2.33. The van der Waals surface area contributed by atoms with Crippen LogP contribution in [0.2, 0.25) is 0 Å². The first-order chi connectivity index (χ1) is 12.3. The third-order valence-corrected chi connectivity index (χ3v) is 4.59. The molecule has 0 bridgehead atoms. The summed E-state index contributed by atoms with van der Waals surface area (Å²) in [5, 5.41) is 8.42. The third kappa shape index (κ3) is 3.45. The number of piperidine rings is 1. The van der Waals surface area contributed by atoms with E-state index < -0.39 is 0 Å². The van der Waals surface area contributed by atoms with Crippen LogP contribution in [-0.4, -0.2) is 48.4 Å². The molecule has 0 N–H and O–H groups in total. The number of hydrogen-bond acceptors (Lipinski definition) is 4. The van der Waals surface area contributed by atoms with E-state index in [2.05, 4.69) is 15.2 Å². The number of nitrogens with zero attached hydrogens (tertiary/aromatic N) is 6. The maximum Gasteiger partial charge on any atom is 0.253 e. The summed E-state index contributed by atoms with van der Waals surface area (Å²) in [6, 6.07) is 9.93. The number of aromatic nitrogens is 5. The van der Waals surface area contributed by atoms with Crippen LogP contribution in [0.3, 0.4) is 0 Å². The van der Waals surface area contributed by atoms with E-state index in [-0.39, 0.29) is 11.9 Å². The SMILES string of the molecule is O=C(c1ccc(Cn2cncn2)cc1)N1CCC[C@H](n2cccn2)C1. The fraction of sp³-hybridized carbons (Fsp3) is 0.333. The Hall–Kier alpha value is -2.96. The summed E-state index contributed by atoms with van der Waals surface area (Å²) < 4.78 is 3.72. The van der Waals surface area contributed by atoms with Gasteiger partial charge < -0.3 is 4.90 Å². The third-order valence-electron chi connectivity index (χ3n) is 4.59. The van der Waals surface area contributed by atoms with Crippen LogP contribution in [0.15, 0.2) is 55.4 Å². The van der Waals surface area contributed by atoms with Crippen molar-refractivity contribution in [1.82, 2.24) is 29.4 Å². The molecule has 3 heterocycles. The zero-order valence-corrected chi connectivity index (χ0v) is 13.9. The van der Waals surface area contributed by atoms with Gasteiger partial charge in [-0.15, -0.1) is 0 Å². The Morgan fingerprint density at radius 2 is 2.08 bits per heavy atom. The van der Waals surface area contributed by atoms with Crippen molar-refractivity contribution in [2.75, 3.05) is 13.1 Å². The van der Waals surface area contributed by atoms with Crippen LogP contribution in [0.4, 0.5) is 0 Å². The van der Waals surface area contributed by atoms with E-state index >= 15 is 0 Å². The van der Waals surface area contributed by atoms with Gasteiger partial charge in [0.25, 0.3) is 5.91 Å². The average molecular weight is 336 g/mol. The van der Waals surface area contributed by atoms with Crippen LogP contribution < -0.4 is 0 Å². The first-order valence-corrected chi connectivity index (χ1v) is 8.49. The Balaban J connectivity index is 1.43. The average Bonchev–Trinajstić information content (AvgIpc) is 3.36. The van der Waals surface area contributed by atoms with Crippen molar-refractivity contribution < 1.29 is 4.79 Å². The van der Waals surface area contributed by atoms with Gasteiger partial charge in [0.2, 0.25) is 0 Å². The Morgan fingerprint density at radius 1 is 1.20 bits per heavy atom. The summed E-state index contributed by atoms with van der Waals surface area (Å²) in [7, 11) is 0. The number of likely N-dealkylation sites (tertiary alicyclic amines) is 1. The minimum absolute atomic E-state index is 0.0872. The molecule has 7 heteroatoms. The van der Waals surface area contributed by atoms with Crippen molar-refractivity contribution in [3.05, 3.63) is 66.5 Å². The van der Waals surface area contributed by atoms with Crippen LogP contribution in [0.25, 0.3) is 0 Å². The predicted octanol–water partition coefficient (Wildman–Crippen LogP) is 2.00.